The van der Waals surface area contributed by atoms with Crippen molar-refractivity contribution in [3.05, 3.63) is 108 Å². The fourth-order valence-corrected chi connectivity index (χ4v) is 3.22. The Hall–Kier alpha value is -3.40. The minimum absolute atomic E-state index is 0.929. The lowest BCUT2D eigenvalue weighted by Gasteiger charge is -2.07. The first-order chi connectivity index (χ1) is 13.9. The summed E-state index contributed by atoms with van der Waals surface area (Å²) < 4.78 is 0. The van der Waals surface area contributed by atoms with Crippen molar-refractivity contribution in [2.75, 3.05) is 0 Å². The monoisotopic (exact) mass is 366 g/mol. The molecule has 0 atom stereocenters. The highest BCUT2D eigenvalue weighted by atomic mass is 14.8. The molecule has 4 aromatic rings. The first-order valence-electron chi connectivity index (χ1n) is 9.55. The molecule has 0 aromatic carbocycles. The third-order valence-corrected chi connectivity index (χ3v) is 4.81. The van der Waals surface area contributed by atoms with Crippen molar-refractivity contribution in [2.45, 2.75) is 25.7 Å². The molecule has 138 valence electrons. The molecule has 0 aliphatic rings. The molecule has 0 spiro atoms. The zero-order valence-electron chi connectivity index (χ0n) is 15.7. The Morgan fingerprint density at radius 3 is 1.21 bits per heavy atom. The van der Waals surface area contributed by atoms with E-state index in [0.29, 0.717) is 0 Å². The predicted octanol–water partition coefficient (Wildman–Crippen LogP) is 4.50. The second-order valence-electron chi connectivity index (χ2n) is 6.81. The Morgan fingerprint density at radius 1 is 0.429 bits per heavy atom. The molecule has 4 nitrogen and oxygen atoms in total. The van der Waals surface area contributed by atoms with E-state index in [1.165, 1.54) is 22.3 Å². The van der Waals surface area contributed by atoms with Crippen LogP contribution >= 0.6 is 0 Å². The van der Waals surface area contributed by atoms with E-state index in [1.54, 1.807) is 0 Å². The number of rotatable bonds is 7. The first-order valence-corrected chi connectivity index (χ1v) is 9.55. The van der Waals surface area contributed by atoms with Gasteiger partial charge in [0.1, 0.15) is 0 Å². The van der Waals surface area contributed by atoms with Gasteiger partial charge in [-0.1, -0.05) is 0 Å². The van der Waals surface area contributed by atoms with E-state index < -0.39 is 0 Å². The highest BCUT2D eigenvalue weighted by molar-refractivity contribution is 5.55. The molecular formula is C24H22N4. The summed E-state index contributed by atoms with van der Waals surface area (Å²) in [4.78, 5) is 17.2. The van der Waals surface area contributed by atoms with Crippen molar-refractivity contribution < 1.29 is 0 Å². The van der Waals surface area contributed by atoms with Crippen LogP contribution in [0.5, 0.6) is 0 Å². The topological polar surface area (TPSA) is 51.6 Å². The van der Waals surface area contributed by atoms with Crippen molar-refractivity contribution in [3.8, 4) is 11.4 Å². The molecule has 0 aliphatic heterocycles. The van der Waals surface area contributed by atoms with Gasteiger partial charge in [0, 0.05) is 37.2 Å². The minimum atomic E-state index is 0.929. The Bertz CT molecular complexity index is 932. The zero-order chi connectivity index (χ0) is 19.0. The molecule has 0 radical (unpaired) electrons. The van der Waals surface area contributed by atoms with E-state index >= 15 is 0 Å². The van der Waals surface area contributed by atoms with Crippen LogP contribution in [-0.4, -0.2) is 19.9 Å². The predicted molar refractivity (Wildman–Crippen MR) is 111 cm³/mol. The third kappa shape index (κ3) is 4.86. The summed E-state index contributed by atoms with van der Waals surface area (Å²) in [6.07, 6.45) is 15.1. The lowest BCUT2D eigenvalue weighted by molar-refractivity contribution is 0.946. The highest BCUT2D eigenvalue weighted by Crippen LogP contribution is 2.19. The van der Waals surface area contributed by atoms with Gasteiger partial charge >= 0.3 is 0 Å². The summed E-state index contributed by atoms with van der Waals surface area (Å²) in [5, 5.41) is 0. The van der Waals surface area contributed by atoms with Gasteiger partial charge in [0.25, 0.3) is 0 Å². The lowest BCUT2D eigenvalue weighted by atomic mass is 10.0. The van der Waals surface area contributed by atoms with Crippen LogP contribution in [0.4, 0.5) is 0 Å². The largest absolute Gasteiger partial charge is 0.265 e. The molecule has 4 aromatic heterocycles. The molecule has 0 aliphatic carbocycles. The van der Waals surface area contributed by atoms with Crippen LogP contribution in [0.25, 0.3) is 11.4 Å². The standard InChI is InChI=1S/C24H22N4/c1(19-5-11-25-12-6-19)3-21-9-15-27-23(17-21)24-18-22(10-16-28-24)4-2-20-7-13-26-14-8-20/h5-18H,1-4H2. The summed E-state index contributed by atoms with van der Waals surface area (Å²) in [5.41, 5.74) is 6.99. The van der Waals surface area contributed by atoms with E-state index in [2.05, 4.69) is 68.5 Å². The molecule has 0 fully saturated rings. The summed E-state index contributed by atoms with van der Waals surface area (Å²) >= 11 is 0. The molecule has 0 unspecified atom stereocenters. The molecule has 0 N–H and O–H groups in total. The van der Waals surface area contributed by atoms with Crippen LogP contribution in [0.3, 0.4) is 0 Å². The van der Waals surface area contributed by atoms with E-state index in [1.807, 2.05) is 37.2 Å². The molecule has 0 saturated carbocycles. The van der Waals surface area contributed by atoms with E-state index in [-0.39, 0.29) is 0 Å². The normalized spacial score (nSPS) is 10.7. The van der Waals surface area contributed by atoms with Crippen molar-refractivity contribution >= 4 is 0 Å². The maximum atomic E-state index is 4.54. The van der Waals surface area contributed by atoms with Crippen molar-refractivity contribution in [2.24, 2.45) is 0 Å². The second-order valence-corrected chi connectivity index (χ2v) is 6.81. The molecule has 0 amide bonds. The van der Waals surface area contributed by atoms with E-state index in [0.717, 1.165) is 37.1 Å². The summed E-state index contributed by atoms with van der Waals surface area (Å²) in [7, 11) is 0. The average Bonchev–Trinajstić information content (AvgIpc) is 2.78. The maximum Gasteiger partial charge on any atom is 0.0888 e. The Balaban J connectivity index is 1.45. The number of hydrogen-bond acceptors (Lipinski definition) is 4. The fourth-order valence-electron chi connectivity index (χ4n) is 3.22. The van der Waals surface area contributed by atoms with Gasteiger partial charge in [-0.05, 0) is 96.5 Å². The SMILES string of the molecule is c1cc(CCc2ccnc(-c3cc(CCc4ccncc4)ccn3)c2)ccn1. The van der Waals surface area contributed by atoms with Gasteiger partial charge in [-0.25, -0.2) is 0 Å². The quantitative estimate of drug-likeness (QED) is 0.483. The number of hydrogen-bond donors (Lipinski definition) is 0. The molecular weight excluding hydrogens is 344 g/mol. The Kier molecular flexibility index (Phi) is 5.78. The number of nitrogens with zero attached hydrogens (tertiary/aromatic N) is 4. The summed E-state index contributed by atoms with van der Waals surface area (Å²) in [6.45, 7) is 0. The van der Waals surface area contributed by atoms with Gasteiger partial charge in [-0.15, -0.1) is 0 Å². The molecule has 0 bridgehead atoms. The molecule has 4 heteroatoms. The van der Waals surface area contributed by atoms with Gasteiger partial charge in [0.15, 0.2) is 0 Å². The van der Waals surface area contributed by atoms with Crippen LogP contribution in [0.1, 0.15) is 22.3 Å². The van der Waals surface area contributed by atoms with Crippen LogP contribution < -0.4 is 0 Å². The average molecular weight is 366 g/mol. The Labute approximate surface area is 165 Å². The van der Waals surface area contributed by atoms with Crippen LogP contribution in [0.15, 0.2) is 85.7 Å². The minimum Gasteiger partial charge on any atom is -0.265 e. The van der Waals surface area contributed by atoms with E-state index in [4.69, 9.17) is 0 Å². The lowest BCUT2D eigenvalue weighted by Crippen LogP contribution is -1.96. The smallest absolute Gasteiger partial charge is 0.0888 e. The van der Waals surface area contributed by atoms with Crippen LogP contribution in [0, 0.1) is 0 Å². The van der Waals surface area contributed by atoms with Gasteiger partial charge in [-0.3, -0.25) is 19.9 Å². The highest BCUT2D eigenvalue weighted by Gasteiger charge is 2.05. The van der Waals surface area contributed by atoms with Crippen LogP contribution in [0.2, 0.25) is 0 Å². The van der Waals surface area contributed by atoms with Gasteiger partial charge in [-0.2, -0.15) is 0 Å². The molecule has 4 rings (SSSR count). The maximum absolute atomic E-state index is 4.54. The van der Waals surface area contributed by atoms with Crippen molar-refractivity contribution in [3.63, 3.8) is 0 Å². The fraction of sp³-hybridized carbons (Fsp3) is 0.167. The van der Waals surface area contributed by atoms with Crippen LogP contribution in [-0.2, 0) is 25.7 Å². The van der Waals surface area contributed by atoms with Crippen molar-refractivity contribution in [1.29, 1.82) is 0 Å². The molecule has 28 heavy (non-hydrogen) atoms. The first kappa shape index (κ1) is 18.0. The van der Waals surface area contributed by atoms with E-state index in [9.17, 15) is 0 Å². The summed E-state index contributed by atoms with van der Waals surface area (Å²) in [5.74, 6) is 0. The summed E-state index contributed by atoms with van der Waals surface area (Å²) in [6, 6.07) is 16.7. The third-order valence-electron chi connectivity index (χ3n) is 4.81. The van der Waals surface area contributed by atoms with Gasteiger partial charge in [0.2, 0.25) is 0 Å². The van der Waals surface area contributed by atoms with Gasteiger partial charge in [0.05, 0.1) is 11.4 Å². The second kappa shape index (κ2) is 9.00. The number of aromatic nitrogens is 4. The van der Waals surface area contributed by atoms with Crippen molar-refractivity contribution in [1.82, 2.24) is 19.9 Å². The zero-order valence-corrected chi connectivity index (χ0v) is 15.7. The molecule has 4 heterocycles. The number of pyridine rings is 4. The molecule has 0 saturated heterocycles. The number of aryl methyl sites for hydroxylation is 4. The Morgan fingerprint density at radius 2 is 0.786 bits per heavy atom. The van der Waals surface area contributed by atoms with Gasteiger partial charge < -0.3 is 0 Å².